The maximum atomic E-state index is 12.2. The van der Waals surface area contributed by atoms with Gasteiger partial charge in [0.25, 0.3) is 0 Å². The summed E-state index contributed by atoms with van der Waals surface area (Å²) >= 11 is 0. The molecule has 0 saturated carbocycles. The van der Waals surface area contributed by atoms with E-state index in [0.717, 1.165) is 31.2 Å². The maximum Gasteiger partial charge on any atom is 0.316 e. The first-order valence-corrected chi connectivity index (χ1v) is 11.8. The van der Waals surface area contributed by atoms with Gasteiger partial charge in [-0.3, -0.25) is 4.79 Å². The van der Waals surface area contributed by atoms with Crippen LogP contribution >= 0.6 is 0 Å². The lowest BCUT2D eigenvalue weighted by Gasteiger charge is -2.12. The Morgan fingerprint density at radius 3 is 2.23 bits per heavy atom. The first kappa shape index (κ1) is 25.0. The fourth-order valence-corrected chi connectivity index (χ4v) is 3.24. The van der Waals surface area contributed by atoms with Crippen molar-refractivity contribution in [2.75, 3.05) is 13.2 Å². The van der Waals surface area contributed by atoms with Crippen LogP contribution in [0.4, 0.5) is 0 Å². The molecule has 0 spiro atoms. The number of hydrogen-bond acceptors (Lipinski definition) is 5. The van der Waals surface area contributed by atoms with Crippen molar-refractivity contribution >= 4 is 5.97 Å². The van der Waals surface area contributed by atoms with Crippen molar-refractivity contribution in [3.05, 3.63) is 42.2 Å². The van der Waals surface area contributed by atoms with Crippen LogP contribution in [0, 0.1) is 5.92 Å². The topological polar surface area (TPSA) is 61.3 Å². The van der Waals surface area contributed by atoms with Gasteiger partial charge in [0.2, 0.25) is 0 Å². The van der Waals surface area contributed by atoms with E-state index in [1.807, 2.05) is 31.5 Å². The van der Waals surface area contributed by atoms with E-state index in [1.165, 1.54) is 37.7 Å². The number of hydrogen-bond donors (Lipinski definition) is 0. The standard InChI is InChI=1S/C26H38N2O3/c1-4-6-8-9-10-12-22-18-27-25(28-19-22)23-13-15-24(16-14-23)31-26(29)21(3)20-30-17-11-7-5-2/h13-16,18-19,21H,4-12,17,20H2,1-3H3. The van der Waals surface area contributed by atoms with Gasteiger partial charge in [0.1, 0.15) is 5.75 Å². The molecule has 0 saturated heterocycles. The third-order valence-corrected chi connectivity index (χ3v) is 5.27. The highest BCUT2D eigenvalue weighted by Crippen LogP contribution is 2.20. The van der Waals surface area contributed by atoms with Gasteiger partial charge < -0.3 is 9.47 Å². The minimum atomic E-state index is -0.292. The van der Waals surface area contributed by atoms with Gasteiger partial charge in [0.05, 0.1) is 12.5 Å². The van der Waals surface area contributed by atoms with E-state index in [4.69, 9.17) is 9.47 Å². The van der Waals surface area contributed by atoms with E-state index in [-0.39, 0.29) is 11.9 Å². The second-order valence-corrected chi connectivity index (χ2v) is 8.21. The van der Waals surface area contributed by atoms with E-state index in [1.54, 1.807) is 12.1 Å². The Bertz CT molecular complexity index is 744. The van der Waals surface area contributed by atoms with Crippen molar-refractivity contribution in [2.45, 2.75) is 78.6 Å². The zero-order valence-corrected chi connectivity index (χ0v) is 19.4. The number of carbonyl (C=O) groups is 1. The minimum Gasteiger partial charge on any atom is -0.426 e. The number of unbranched alkanes of at least 4 members (excludes halogenated alkanes) is 6. The molecule has 31 heavy (non-hydrogen) atoms. The number of esters is 1. The Balaban J connectivity index is 1.78. The molecule has 0 amide bonds. The van der Waals surface area contributed by atoms with E-state index in [2.05, 4.69) is 23.8 Å². The van der Waals surface area contributed by atoms with Crippen LogP contribution in [0.15, 0.2) is 36.7 Å². The quantitative estimate of drug-likeness (QED) is 0.187. The summed E-state index contributed by atoms with van der Waals surface area (Å²) in [7, 11) is 0. The van der Waals surface area contributed by atoms with Crippen LogP contribution in [0.1, 0.15) is 77.7 Å². The Hall–Kier alpha value is -2.27. The predicted molar refractivity (Wildman–Crippen MR) is 125 cm³/mol. The summed E-state index contributed by atoms with van der Waals surface area (Å²) in [5.41, 5.74) is 2.08. The smallest absolute Gasteiger partial charge is 0.316 e. The van der Waals surface area contributed by atoms with Gasteiger partial charge >= 0.3 is 5.97 Å². The predicted octanol–water partition coefficient (Wildman–Crippen LogP) is 6.40. The lowest BCUT2D eigenvalue weighted by atomic mass is 10.1. The number of benzene rings is 1. The lowest BCUT2D eigenvalue weighted by Crippen LogP contribution is -2.22. The monoisotopic (exact) mass is 426 g/mol. The van der Waals surface area contributed by atoms with Crippen molar-refractivity contribution in [3.63, 3.8) is 0 Å². The number of aromatic nitrogens is 2. The molecule has 0 bridgehead atoms. The number of aryl methyl sites for hydroxylation is 1. The molecular weight excluding hydrogens is 388 g/mol. The van der Waals surface area contributed by atoms with E-state index in [0.29, 0.717) is 24.8 Å². The average Bonchev–Trinajstić information content (AvgIpc) is 2.79. The van der Waals surface area contributed by atoms with Crippen LogP contribution in [0.25, 0.3) is 11.4 Å². The normalized spacial score (nSPS) is 12.0. The molecule has 1 heterocycles. The van der Waals surface area contributed by atoms with E-state index < -0.39 is 0 Å². The first-order valence-electron chi connectivity index (χ1n) is 11.8. The molecule has 0 aliphatic heterocycles. The van der Waals surface area contributed by atoms with Gasteiger partial charge in [-0.1, -0.05) is 52.4 Å². The van der Waals surface area contributed by atoms with Crippen LogP contribution in [0.3, 0.4) is 0 Å². The first-order chi connectivity index (χ1) is 15.1. The Labute approximate surface area is 187 Å². The molecule has 0 aliphatic rings. The Morgan fingerprint density at radius 1 is 0.903 bits per heavy atom. The van der Waals surface area contributed by atoms with Crippen molar-refractivity contribution in [3.8, 4) is 17.1 Å². The SMILES string of the molecule is CCCCCCCc1cnc(-c2ccc(OC(=O)C(C)COCCCCC)cc2)nc1. The molecule has 5 heteroatoms. The summed E-state index contributed by atoms with van der Waals surface area (Å²) in [6.45, 7) is 7.30. The molecule has 0 radical (unpaired) electrons. The molecular formula is C26H38N2O3. The summed E-state index contributed by atoms with van der Waals surface area (Å²) in [5, 5.41) is 0. The van der Waals surface area contributed by atoms with Crippen LogP contribution in [-0.2, 0) is 16.0 Å². The Kier molecular flexibility index (Phi) is 11.8. The molecule has 1 unspecified atom stereocenters. The van der Waals surface area contributed by atoms with Crippen molar-refractivity contribution in [2.24, 2.45) is 5.92 Å². The second-order valence-electron chi connectivity index (χ2n) is 8.21. The highest BCUT2D eigenvalue weighted by atomic mass is 16.5. The maximum absolute atomic E-state index is 12.2. The van der Waals surface area contributed by atoms with Crippen molar-refractivity contribution < 1.29 is 14.3 Å². The highest BCUT2D eigenvalue weighted by molar-refractivity contribution is 5.75. The van der Waals surface area contributed by atoms with Crippen LogP contribution < -0.4 is 4.74 Å². The van der Waals surface area contributed by atoms with Crippen LogP contribution in [0.2, 0.25) is 0 Å². The molecule has 0 N–H and O–H groups in total. The molecule has 1 atom stereocenters. The molecule has 1 aromatic heterocycles. The summed E-state index contributed by atoms with van der Waals surface area (Å²) in [4.78, 5) is 21.2. The van der Waals surface area contributed by atoms with Gasteiger partial charge in [-0.05, 0) is 56.0 Å². The van der Waals surface area contributed by atoms with Gasteiger partial charge in [-0.25, -0.2) is 9.97 Å². The van der Waals surface area contributed by atoms with Gasteiger partial charge in [-0.15, -0.1) is 0 Å². The third-order valence-electron chi connectivity index (χ3n) is 5.27. The van der Waals surface area contributed by atoms with Gasteiger partial charge in [0.15, 0.2) is 5.82 Å². The molecule has 0 aliphatic carbocycles. The van der Waals surface area contributed by atoms with E-state index >= 15 is 0 Å². The van der Waals surface area contributed by atoms with Gasteiger partial charge in [-0.2, -0.15) is 0 Å². The lowest BCUT2D eigenvalue weighted by molar-refractivity contribution is -0.140. The number of rotatable bonds is 15. The fraction of sp³-hybridized carbons (Fsp3) is 0.577. The van der Waals surface area contributed by atoms with E-state index in [9.17, 15) is 4.79 Å². The zero-order chi connectivity index (χ0) is 22.3. The number of carbonyl (C=O) groups excluding carboxylic acids is 1. The summed E-state index contributed by atoms with van der Waals surface area (Å²) in [6.07, 6.45) is 14.5. The summed E-state index contributed by atoms with van der Waals surface area (Å²) in [6, 6.07) is 7.34. The average molecular weight is 427 g/mol. The zero-order valence-electron chi connectivity index (χ0n) is 19.4. The molecule has 170 valence electrons. The van der Waals surface area contributed by atoms with Crippen molar-refractivity contribution in [1.82, 2.24) is 9.97 Å². The summed E-state index contributed by atoms with van der Waals surface area (Å²) in [5.74, 6) is 0.638. The molecule has 2 rings (SSSR count). The van der Waals surface area contributed by atoms with Crippen LogP contribution in [0.5, 0.6) is 5.75 Å². The summed E-state index contributed by atoms with van der Waals surface area (Å²) < 4.78 is 11.0. The number of ether oxygens (including phenoxy) is 2. The molecule has 2 aromatic rings. The van der Waals surface area contributed by atoms with Crippen LogP contribution in [-0.4, -0.2) is 29.2 Å². The van der Waals surface area contributed by atoms with Crippen molar-refractivity contribution in [1.29, 1.82) is 0 Å². The molecule has 0 fully saturated rings. The largest absolute Gasteiger partial charge is 0.426 e. The Morgan fingerprint density at radius 2 is 1.55 bits per heavy atom. The molecule has 5 nitrogen and oxygen atoms in total. The minimum absolute atomic E-state index is 0.275. The fourth-order valence-electron chi connectivity index (χ4n) is 3.24. The third kappa shape index (κ3) is 9.60. The second kappa shape index (κ2) is 14.7. The van der Waals surface area contributed by atoms with Gasteiger partial charge in [0, 0.05) is 24.6 Å². The number of nitrogens with zero attached hydrogens (tertiary/aromatic N) is 2. The highest BCUT2D eigenvalue weighted by Gasteiger charge is 2.16. The molecule has 1 aromatic carbocycles.